The van der Waals surface area contributed by atoms with E-state index in [0.717, 1.165) is 41.3 Å². The van der Waals surface area contributed by atoms with E-state index in [9.17, 15) is 4.79 Å². The highest BCUT2D eigenvalue weighted by molar-refractivity contribution is 6.32. The van der Waals surface area contributed by atoms with Gasteiger partial charge in [0.25, 0.3) is 0 Å². The zero-order valence-electron chi connectivity index (χ0n) is 14.4. The van der Waals surface area contributed by atoms with Gasteiger partial charge in [-0.25, -0.2) is 0 Å². The number of rotatable bonds is 2. The number of pyridine rings is 1. The number of carbonyl (C=O) groups is 1. The molecule has 1 amide bonds. The molecule has 0 N–H and O–H groups in total. The number of amides is 1. The van der Waals surface area contributed by atoms with Crippen LogP contribution in [0.3, 0.4) is 0 Å². The highest BCUT2D eigenvalue weighted by Crippen LogP contribution is 2.32. The van der Waals surface area contributed by atoms with Crippen molar-refractivity contribution in [1.29, 1.82) is 0 Å². The van der Waals surface area contributed by atoms with Crippen molar-refractivity contribution in [2.75, 3.05) is 18.0 Å². The molecule has 6 nitrogen and oxygen atoms in total. The summed E-state index contributed by atoms with van der Waals surface area (Å²) in [5.74, 6) is 1.02. The maximum atomic E-state index is 13.0. The van der Waals surface area contributed by atoms with Crippen LogP contribution in [-0.4, -0.2) is 39.1 Å². The summed E-state index contributed by atoms with van der Waals surface area (Å²) in [7, 11) is 0. The molecular formula is C18H20ClN5O. The normalized spacial score (nSPS) is 19.4. The Morgan fingerprint density at radius 2 is 2.16 bits per heavy atom. The third-order valence-corrected chi connectivity index (χ3v) is 5.73. The van der Waals surface area contributed by atoms with Crippen molar-refractivity contribution < 1.29 is 4.79 Å². The van der Waals surface area contributed by atoms with Gasteiger partial charge >= 0.3 is 0 Å². The molecule has 4 rings (SSSR count). The Morgan fingerprint density at radius 3 is 2.92 bits per heavy atom. The van der Waals surface area contributed by atoms with Gasteiger partial charge in [-0.05, 0) is 43.5 Å². The molecule has 0 spiro atoms. The maximum absolute atomic E-state index is 13.0. The van der Waals surface area contributed by atoms with E-state index in [1.807, 2.05) is 30.9 Å². The van der Waals surface area contributed by atoms with E-state index in [2.05, 4.69) is 20.1 Å². The van der Waals surface area contributed by atoms with Gasteiger partial charge in [-0.15, -0.1) is 5.10 Å². The standard InChI is InChI=1S/C18H20ClN5O/c1-11-14-9-24(10-15(14)21-12(2)17(11)19)18(25)13-5-7-23(8-13)16-4-3-6-20-22-16/h3-4,6,13H,5,7-10H2,1-2H3/t13-/m1/s1. The molecule has 7 heteroatoms. The van der Waals surface area contributed by atoms with Gasteiger partial charge in [0.1, 0.15) is 0 Å². The number of aryl methyl sites for hydroxylation is 1. The SMILES string of the molecule is Cc1nc2c(c(C)c1Cl)CN(C(=O)[C@@H]1CCN(c3cccnn3)C1)C2. The number of anilines is 1. The van der Waals surface area contributed by atoms with Crippen molar-refractivity contribution in [3.05, 3.63) is 45.9 Å². The number of nitrogens with zero attached hydrogens (tertiary/aromatic N) is 5. The van der Waals surface area contributed by atoms with E-state index in [4.69, 9.17) is 11.6 Å². The molecule has 130 valence electrons. The van der Waals surface area contributed by atoms with Crippen molar-refractivity contribution in [2.24, 2.45) is 5.92 Å². The minimum Gasteiger partial charge on any atom is -0.354 e. The number of halogens is 1. The van der Waals surface area contributed by atoms with Gasteiger partial charge < -0.3 is 9.80 Å². The predicted molar refractivity (Wildman–Crippen MR) is 95.3 cm³/mol. The summed E-state index contributed by atoms with van der Waals surface area (Å²) in [5.41, 5.74) is 3.97. The van der Waals surface area contributed by atoms with Gasteiger partial charge in [-0.1, -0.05) is 11.6 Å². The van der Waals surface area contributed by atoms with Crippen LogP contribution in [0.5, 0.6) is 0 Å². The van der Waals surface area contributed by atoms with Gasteiger partial charge in [0.05, 0.1) is 28.9 Å². The van der Waals surface area contributed by atoms with E-state index in [0.29, 0.717) is 24.7 Å². The van der Waals surface area contributed by atoms with Crippen LogP contribution < -0.4 is 4.90 Å². The van der Waals surface area contributed by atoms with Crippen molar-refractivity contribution in [3.63, 3.8) is 0 Å². The zero-order chi connectivity index (χ0) is 17.6. The summed E-state index contributed by atoms with van der Waals surface area (Å²) >= 11 is 6.32. The monoisotopic (exact) mass is 357 g/mol. The maximum Gasteiger partial charge on any atom is 0.228 e. The summed E-state index contributed by atoms with van der Waals surface area (Å²) in [6.45, 7) is 6.63. The number of hydrogen-bond acceptors (Lipinski definition) is 5. The summed E-state index contributed by atoms with van der Waals surface area (Å²) in [6, 6.07) is 3.80. The van der Waals surface area contributed by atoms with E-state index >= 15 is 0 Å². The zero-order valence-corrected chi connectivity index (χ0v) is 15.1. The van der Waals surface area contributed by atoms with E-state index in [1.54, 1.807) is 6.20 Å². The molecule has 0 bridgehead atoms. The number of aromatic nitrogens is 3. The Kier molecular flexibility index (Phi) is 4.07. The molecule has 25 heavy (non-hydrogen) atoms. The van der Waals surface area contributed by atoms with Crippen molar-refractivity contribution in [2.45, 2.75) is 33.4 Å². The molecule has 1 saturated heterocycles. The second kappa shape index (κ2) is 6.26. The van der Waals surface area contributed by atoms with Crippen LogP contribution in [0.25, 0.3) is 0 Å². The Bertz CT molecular complexity index is 826. The first-order valence-corrected chi connectivity index (χ1v) is 8.88. The first kappa shape index (κ1) is 16.3. The highest BCUT2D eigenvalue weighted by atomic mass is 35.5. The minimum atomic E-state index is -0.00630. The molecule has 2 aromatic rings. The lowest BCUT2D eigenvalue weighted by Gasteiger charge is -2.20. The van der Waals surface area contributed by atoms with Gasteiger partial charge in [-0.3, -0.25) is 9.78 Å². The highest BCUT2D eigenvalue weighted by Gasteiger charge is 2.35. The van der Waals surface area contributed by atoms with Gasteiger partial charge in [0.2, 0.25) is 5.91 Å². The molecule has 1 fully saturated rings. The fourth-order valence-electron chi connectivity index (χ4n) is 3.75. The molecule has 2 aliphatic rings. The molecule has 0 aliphatic carbocycles. The van der Waals surface area contributed by atoms with E-state index in [1.165, 1.54) is 0 Å². The lowest BCUT2D eigenvalue weighted by molar-refractivity contribution is -0.135. The second-order valence-electron chi connectivity index (χ2n) is 6.77. The van der Waals surface area contributed by atoms with Crippen LogP contribution in [0.1, 0.15) is 28.9 Å². The second-order valence-corrected chi connectivity index (χ2v) is 7.15. The van der Waals surface area contributed by atoms with Gasteiger partial charge in [0.15, 0.2) is 5.82 Å². The third-order valence-electron chi connectivity index (χ3n) is 5.17. The molecular weight excluding hydrogens is 338 g/mol. The van der Waals surface area contributed by atoms with Gasteiger partial charge in [-0.2, -0.15) is 5.10 Å². The number of fused-ring (bicyclic) bond motifs is 1. The summed E-state index contributed by atoms with van der Waals surface area (Å²) in [6.07, 6.45) is 2.50. The third kappa shape index (κ3) is 2.84. The fraction of sp³-hybridized carbons (Fsp3) is 0.444. The van der Waals surface area contributed by atoms with Gasteiger partial charge in [0, 0.05) is 25.8 Å². The first-order valence-electron chi connectivity index (χ1n) is 8.50. The van der Waals surface area contributed by atoms with Crippen LogP contribution in [0.4, 0.5) is 5.82 Å². The summed E-state index contributed by atoms with van der Waals surface area (Å²) < 4.78 is 0. The largest absolute Gasteiger partial charge is 0.354 e. The molecule has 0 radical (unpaired) electrons. The Morgan fingerprint density at radius 1 is 1.32 bits per heavy atom. The Labute approximate surface area is 151 Å². The fourth-order valence-corrected chi connectivity index (χ4v) is 3.91. The quantitative estimate of drug-likeness (QED) is 0.826. The topological polar surface area (TPSA) is 62.2 Å². The van der Waals surface area contributed by atoms with E-state index < -0.39 is 0 Å². The van der Waals surface area contributed by atoms with Crippen LogP contribution in [0.15, 0.2) is 18.3 Å². The molecule has 4 heterocycles. The molecule has 0 saturated carbocycles. The van der Waals surface area contributed by atoms with Crippen molar-refractivity contribution in [1.82, 2.24) is 20.1 Å². The van der Waals surface area contributed by atoms with Crippen LogP contribution in [0.2, 0.25) is 5.02 Å². The van der Waals surface area contributed by atoms with Crippen molar-refractivity contribution >= 4 is 23.3 Å². The molecule has 1 atom stereocenters. The van der Waals surface area contributed by atoms with Crippen LogP contribution >= 0.6 is 11.6 Å². The molecule has 2 aromatic heterocycles. The predicted octanol–water partition coefficient (Wildman–Crippen LogP) is 2.51. The van der Waals surface area contributed by atoms with Crippen LogP contribution in [0, 0.1) is 19.8 Å². The lowest BCUT2D eigenvalue weighted by atomic mass is 10.1. The average Bonchev–Trinajstić information content (AvgIpc) is 3.27. The Hall–Kier alpha value is -2.21. The van der Waals surface area contributed by atoms with Crippen molar-refractivity contribution in [3.8, 4) is 0 Å². The average molecular weight is 358 g/mol. The summed E-state index contributed by atoms with van der Waals surface area (Å²) in [5, 5.41) is 8.77. The minimum absolute atomic E-state index is 0.00630. The number of hydrogen-bond donors (Lipinski definition) is 0. The molecule has 2 aliphatic heterocycles. The smallest absolute Gasteiger partial charge is 0.228 e. The van der Waals surface area contributed by atoms with E-state index in [-0.39, 0.29) is 11.8 Å². The number of carbonyl (C=O) groups excluding carboxylic acids is 1. The summed E-state index contributed by atoms with van der Waals surface area (Å²) in [4.78, 5) is 21.6. The first-order chi connectivity index (χ1) is 12.0. The molecule has 0 unspecified atom stereocenters. The van der Waals surface area contributed by atoms with Crippen LogP contribution in [-0.2, 0) is 17.9 Å². The molecule has 0 aromatic carbocycles. The Balaban J connectivity index is 1.47. The lowest BCUT2D eigenvalue weighted by Crippen LogP contribution is -2.34.